The minimum atomic E-state index is -3.73. The quantitative estimate of drug-likeness (QED) is 0.372. The van der Waals surface area contributed by atoms with Crippen molar-refractivity contribution in [3.8, 4) is 11.1 Å². The number of halogens is 1. The molecule has 0 aromatic heterocycles. The molecule has 0 radical (unpaired) electrons. The highest BCUT2D eigenvalue weighted by Crippen LogP contribution is 2.28. The Balaban J connectivity index is 1.71. The lowest BCUT2D eigenvalue weighted by Crippen LogP contribution is -2.29. The minimum Gasteiger partial charge on any atom is -0.207 e. The molecule has 0 aliphatic rings. The van der Waals surface area contributed by atoms with Gasteiger partial charge in [-0.1, -0.05) is 96.0 Å². The van der Waals surface area contributed by atoms with E-state index in [0.717, 1.165) is 27.8 Å². The van der Waals surface area contributed by atoms with Gasteiger partial charge in [0.25, 0.3) is 0 Å². The maximum Gasteiger partial charge on any atom is 0.241 e. The lowest BCUT2D eigenvalue weighted by atomic mass is 9.97. The third-order valence-electron chi connectivity index (χ3n) is 5.16. The van der Waals surface area contributed by atoms with Crippen LogP contribution in [0.3, 0.4) is 0 Å². The summed E-state index contributed by atoms with van der Waals surface area (Å²) < 4.78 is 29.1. The van der Waals surface area contributed by atoms with Gasteiger partial charge in [-0.3, -0.25) is 0 Å². The van der Waals surface area contributed by atoms with E-state index in [0.29, 0.717) is 5.02 Å². The van der Waals surface area contributed by atoms with Gasteiger partial charge >= 0.3 is 0 Å². The van der Waals surface area contributed by atoms with E-state index in [4.69, 9.17) is 11.6 Å². The van der Waals surface area contributed by atoms with Crippen molar-refractivity contribution in [1.82, 2.24) is 4.72 Å². The molecule has 31 heavy (non-hydrogen) atoms. The van der Waals surface area contributed by atoms with Gasteiger partial charge in [0.1, 0.15) is 0 Å². The molecule has 4 rings (SSSR count). The predicted molar refractivity (Wildman–Crippen MR) is 127 cm³/mol. The van der Waals surface area contributed by atoms with Gasteiger partial charge in [-0.05, 0) is 53.4 Å². The SMILES string of the molecule is Cc1ccc(S(=O)(=O)NC(c2ccc(Cl)cc2)c2ccc(-c3ccccc3)cc2)cc1. The van der Waals surface area contributed by atoms with E-state index in [2.05, 4.69) is 4.72 Å². The van der Waals surface area contributed by atoms with Crippen LogP contribution in [0.15, 0.2) is 108 Å². The van der Waals surface area contributed by atoms with Crippen molar-refractivity contribution in [2.75, 3.05) is 0 Å². The first kappa shape index (κ1) is 21.3. The van der Waals surface area contributed by atoms with E-state index < -0.39 is 16.1 Å². The Morgan fingerprint density at radius 1 is 0.677 bits per heavy atom. The van der Waals surface area contributed by atoms with Crippen molar-refractivity contribution in [2.24, 2.45) is 0 Å². The molecule has 0 heterocycles. The Morgan fingerprint density at radius 3 is 1.77 bits per heavy atom. The maximum absolute atomic E-state index is 13.1. The summed E-state index contributed by atoms with van der Waals surface area (Å²) in [4.78, 5) is 0.234. The molecule has 0 spiro atoms. The van der Waals surface area contributed by atoms with Crippen molar-refractivity contribution < 1.29 is 8.42 Å². The number of rotatable bonds is 6. The van der Waals surface area contributed by atoms with Crippen LogP contribution in [0.2, 0.25) is 5.02 Å². The fraction of sp³-hybridized carbons (Fsp3) is 0.0769. The molecule has 4 aromatic carbocycles. The van der Waals surface area contributed by atoms with E-state index in [1.807, 2.05) is 73.7 Å². The number of sulfonamides is 1. The Kier molecular flexibility index (Phi) is 6.23. The van der Waals surface area contributed by atoms with Crippen LogP contribution in [0.1, 0.15) is 22.7 Å². The molecule has 0 aliphatic carbocycles. The zero-order valence-electron chi connectivity index (χ0n) is 17.0. The molecule has 1 unspecified atom stereocenters. The van der Waals surface area contributed by atoms with Crippen molar-refractivity contribution >= 4 is 21.6 Å². The van der Waals surface area contributed by atoms with Crippen LogP contribution < -0.4 is 4.72 Å². The van der Waals surface area contributed by atoms with Gasteiger partial charge in [0.15, 0.2) is 0 Å². The fourth-order valence-corrected chi connectivity index (χ4v) is 4.76. The van der Waals surface area contributed by atoms with Crippen LogP contribution >= 0.6 is 11.6 Å². The first-order valence-electron chi connectivity index (χ1n) is 9.92. The normalized spacial score (nSPS) is 12.5. The Labute approximate surface area is 188 Å². The van der Waals surface area contributed by atoms with Crippen LogP contribution in [-0.4, -0.2) is 8.42 Å². The number of nitrogens with one attached hydrogen (secondary N) is 1. The molecule has 3 nitrogen and oxygen atoms in total. The second kappa shape index (κ2) is 9.06. The van der Waals surface area contributed by atoms with Gasteiger partial charge in [0, 0.05) is 5.02 Å². The molecule has 0 saturated carbocycles. The summed E-state index contributed by atoms with van der Waals surface area (Å²) >= 11 is 6.06. The minimum absolute atomic E-state index is 0.234. The van der Waals surface area contributed by atoms with Crippen molar-refractivity contribution in [3.63, 3.8) is 0 Å². The van der Waals surface area contributed by atoms with Crippen LogP contribution in [0, 0.1) is 6.92 Å². The summed E-state index contributed by atoms with van der Waals surface area (Å²) in [5.74, 6) is 0. The van der Waals surface area contributed by atoms with Crippen LogP contribution in [0.4, 0.5) is 0 Å². The largest absolute Gasteiger partial charge is 0.241 e. The summed E-state index contributed by atoms with van der Waals surface area (Å²) in [6, 6.07) is 31.5. The van der Waals surface area contributed by atoms with Crippen molar-refractivity contribution in [2.45, 2.75) is 17.9 Å². The zero-order valence-corrected chi connectivity index (χ0v) is 18.6. The van der Waals surface area contributed by atoms with E-state index in [1.165, 1.54) is 0 Å². The first-order chi connectivity index (χ1) is 14.9. The summed E-state index contributed by atoms with van der Waals surface area (Å²) in [6.07, 6.45) is 0. The maximum atomic E-state index is 13.1. The van der Waals surface area contributed by atoms with Gasteiger partial charge < -0.3 is 0 Å². The number of hydrogen-bond donors (Lipinski definition) is 1. The third-order valence-corrected chi connectivity index (χ3v) is 6.85. The van der Waals surface area contributed by atoms with Crippen LogP contribution in [0.5, 0.6) is 0 Å². The van der Waals surface area contributed by atoms with Crippen LogP contribution in [0.25, 0.3) is 11.1 Å². The van der Waals surface area contributed by atoms with E-state index in [1.54, 1.807) is 36.4 Å². The van der Waals surface area contributed by atoms with Gasteiger partial charge in [-0.2, -0.15) is 4.72 Å². The smallest absolute Gasteiger partial charge is 0.207 e. The fourth-order valence-electron chi connectivity index (χ4n) is 3.42. The van der Waals surface area contributed by atoms with Crippen LogP contribution in [-0.2, 0) is 10.0 Å². The van der Waals surface area contributed by atoms with Crippen molar-refractivity contribution in [3.05, 3.63) is 125 Å². The van der Waals surface area contributed by atoms with Gasteiger partial charge in [0.05, 0.1) is 10.9 Å². The molecule has 0 saturated heterocycles. The molecular formula is C26H22ClNO2S. The topological polar surface area (TPSA) is 46.2 Å². The Hall–Kier alpha value is -2.92. The molecule has 5 heteroatoms. The molecular weight excluding hydrogens is 426 g/mol. The number of benzene rings is 4. The predicted octanol–water partition coefficient (Wildman–Crippen LogP) is 6.38. The first-order valence-corrected chi connectivity index (χ1v) is 11.8. The van der Waals surface area contributed by atoms with E-state index in [9.17, 15) is 8.42 Å². The highest BCUT2D eigenvalue weighted by Gasteiger charge is 2.23. The van der Waals surface area contributed by atoms with E-state index in [-0.39, 0.29) is 4.90 Å². The standard InChI is InChI=1S/C26H22ClNO2S/c1-19-7-17-25(18-8-19)31(29,30)28-26(23-13-15-24(27)16-14-23)22-11-9-21(10-12-22)20-5-3-2-4-6-20/h2-18,26,28H,1H3. The molecule has 4 aromatic rings. The summed E-state index contributed by atoms with van der Waals surface area (Å²) in [5.41, 5.74) is 4.84. The molecule has 0 fully saturated rings. The van der Waals surface area contributed by atoms with Gasteiger partial charge in [-0.25, -0.2) is 8.42 Å². The second-order valence-corrected chi connectivity index (χ2v) is 9.56. The highest BCUT2D eigenvalue weighted by molar-refractivity contribution is 7.89. The highest BCUT2D eigenvalue weighted by atomic mass is 35.5. The summed E-state index contributed by atoms with van der Waals surface area (Å²) in [7, 11) is -3.73. The second-order valence-electron chi connectivity index (χ2n) is 7.41. The average Bonchev–Trinajstić information content (AvgIpc) is 2.79. The average molecular weight is 448 g/mol. The molecule has 1 N–H and O–H groups in total. The lowest BCUT2D eigenvalue weighted by Gasteiger charge is -2.20. The zero-order chi connectivity index (χ0) is 21.8. The monoisotopic (exact) mass is 447 g/mol. The van der Waals surface area contributed by atoms with Gasteiger partial charge in [0.2, 0.25) is 10.0 Å². The molecule has 1 atom stereocenters. The molecule has 0 aliphatic heterocycles. The Bertz CT molecular complexity index is 1250. The third kappa shape index (κ3) is 5.05. The van der Waals surface area contributed by atoms with Crippen molar-refractivity contribution in [1.29, 1.82) is 0 Å². The summed E-state index contributed by atoms with van der Waals surface area (Å²) in [6.45, 7) is 1.93. The molecule has 0 bridgehead atoms. The van der Waals surface area contributed by atoms with E-state index >= 15 is 0 Å². The Morgan fingerprint density at radius 2 is 1.19 bits per heavy atom. The molecule has 0 amide bonds. The number of hydrogen-bond acceptors (Lipinski definition) is 2. The number of aryl methyl sites for hydroxylation is 1. The summed E-state index contributed by atoms with van der Waals surface area (Å²) in [5, 5.41) is 0.600. The molecule has 156 valence electrons. The van der Waals surface area contributed by atoms with Gasteiger partial charge in [-0.15, -0.1) is 0 Å². The lowest BCUT2D eigenvalue weighted by molar-refractivity contribution is 0.572.